The van der Waals surface area contributed by atoms with Crippen LogP contribution >= 0.6 is 42.9 Å². The average molecular weight is 1840 g/mol. The van der Waals surface area contributed by atoms with Crippen LogP contribution < -0.4 is 88.8 Å². The molecule has 5 aromatic carbocycles. The number of carboxylic acids is 1. The van der Waals surface area contributed by atoms with E-state index in [1.54, 1.807) is 36.5 Å². The smallest absolute Gasteiger partial charge is 0.475 e. The van der Waals surface area contributed by atoms with Gasteiger partial charge in [0, 0.05) is 64.7 Å². The summed E-state index contributed by atoms with van der Waals surface area (Å²) in [4.78, 5) is 103. The summed E-state index contributed by atoms with van der Waals surface area (Å²) >= 11 is 2.17. The van der Waals surface area contributed by atoms with Gasteiger partial charge in [-0.05, 0) is 217 Å². The second-order valence-corrected chi connectivity index (χ2v) is 31.8. The molecule has 6 aromatic rings. The summed E-state index contributed by atoms with van der Waals surface area (Å²) in [6.07, 6.45) is 22.2. The van der Waals surface area contributed by atoms with Crippen LogP contribution in [0.3, 0.4) is 0 Å². The molecule has 648 valence electrons. The molecule has 5 aliphatic heterocycles. The van der Waals surface area contributed by atoms with Crippen LogP contribution in [0.1, 0.15) is 159 Å². The number of amidine groups is 2. The van der Waals surface area contributed by atoms with Gasteiger partial charge in [-0.1, -0.05) is 230 Å². The Labute approximate surface area is 769 Å². The van der Waals surface area contributed by atoms with Crippen LogP contribution in [0.4, 0.5) is 0 Å². The second-order valence-electron chi connectivity index (χ2n) is 28.1. The minimum Gasteiger partial charge on any atom is -0.475 e. The molecule has 0 saturated heterocycles. The summed E-state index contributed by atoms with van der Waals surface area (Å²) in [5, 5.41) is 46.3. The Hall–Kier alpha value is -11.8. The zero-order valence-electron chi connectivity index (χ0n) is 71.4. The number of hydrogen-bond acceptors (Lipinski definition) is 13. The van der Waals surface area contributed by atoms with Crippen LogP contribution in [0, 0.1) is 5.41 Å². The summed E-state index contributed by atoms with van der Waals surface area (Å²) < 4.78 is 0.0926. The van der Waals surface area contributed by atoms with Crippen molar-refractivity contribution in [3.05, 3.63) is 344 Å². The van der Waals surface area contributed by atoms with Crippen LogP contribution in [0.5, 0.6) is 0 Å². The molecule has 1 aliphatic carbocycles. The van der Waals surface area contributed by atoms with Gasteiger partial charge >= 0.3 is 35.5 Å². The summed E-state index contributed by atoms with van der Waals surface area (Å²) in [6.45, 7) is 33.7. The Morgan fingerprint density at radius 1 is 0.556 bits per heavy atom. The number of carbonyl (C=O) groups excluding carboxylic acids is 7. The van der Waals surface area contributed by atoms with E-state index >= 15 is 0 Å². The van der Waals surface area contributed by atoms with E-state index in [9.17, 15) is 38.4 Å². The van der Waals surface area contributed by atoms with Crippen molar-refractivity contribution in [2.45, 2.75) is 166 Å². The Bertz CT molecular complexity index is 4860. The van der Waals surface area contributed by atoms with Gasteiger partial charge in [0.15, 0.2) is 5.78 Å². The van der Waals surface area contributed by atoms with Crippen molar-refractivity contribution in [3.63, 3.8) is 0 Å². The number of carboxylic acid groups (broad SMARTS) is 1. The van der Waals surface area contributed by atoms with Gasteiger partial charge < -0.3 is 59.5 Å². The predicted molar refractivity (Wildman–Crippen MR) is 503 cm³/mol. The number of benzene rings is 5. The maximum Gasteiger partial charge on any atom is 1.00 e. The van der Waals surface area contributed by atoms with Gasteiger partial charge in [-0.15, -0.1) is 17.5 Å². The van der Waals surface area contributed by atoms with E-state index in [4.69, 9.17) is 38.6 Å². The molecule has 13 N–H and O–H groups in total. The molecule has 1 aromatic heterocycles. The molecular formula is C92H111ClIN19NaO9P. The Morgan fingerprint density at radius 3 is 1.41 bits per heavy atom. The Morgan fingerprint density at radius 2 is 0.960 bits per heavy atom. The number of alkyl halides is 1. The van der Waals surface area contributed by atoms with Gasteiger partial charge in [-0.2, -0.15) is 0 Å². The van der Waals surface area contributed by atoms with E-state index in [-0.39, 0.29) is 98.9 Å². The van der Waals surface area contributed by atoms with Crippen LogP contribution in [0.25, 0.3) is 26.4 Å². The molecule has 4 unspecified atom stereocenters. The first-order chi connectivity index (χ1) is 58.5. The van der Waals surface area contributed by atoms with Gasteiger partial charge in [0.05, 0.1) is 9.97 Å². The third-order valence-electron chi connectivity index (χ3n) is 19.1. The van der Waals surface area contributed by atoms with Crippen molar-refractivity contribution < 1.29 is 73.0 Å². The number of halogens is 2. The van der Waals surface area contributed by atoms with E-state index in [1.807, 2.05) is 102 Å². The summed E-state index contributed by atoms with van der Waals surface area (Å²) in [5.41, 5.74) is 46.6. The normalized spacial score (nSPS) is 17.2. The molecule has 6 heterocycles. The van der Waals surface area contributed by atoms with Gasteiger partial charge in [-0.25, -0.2) is 14.8 Å². The average Bonchev–Trinajstić information content (AvgIpc) is 1.19. The van der Waals surface area contributed by atoms with E-state index in [2.05, 4.69) is 215 Å². The molecule has 0 fully saturated rings. The topological polar surface area (TPSA) is 466 Å². The van der Waals surface area contributed by atoms with Crippen molar-refractivity contribution in [1.29, 1.82) is 5.41 Å². The maximum atomic E-state index is 12.4. The number of Topliss-reactive ketones (excluding diaryl/α,β-unsaturated/α-hetero) is 1. The van der Waals surface area contributed by atoms with Crippen LogP contribution in [0.2, 0.25) is 0 Å². The molecule has 32 heteroatoms. The fourth-order valence-corrected chi connectivity index (χ4v) is 15.0. The summed E-state index contributed by atoms with van der Waals surface area (Å²) in [6, 6.07) is 49.8. The number of aromatic amines is 1. The number of nitrogens with one attached hydrogen (secondary N) is 8. The van der Waals surface area contributed by atoms with Gasteiger partial charge in [0.25, 0.3) is 5.91 Å². The maximum absolute atomic E-state index is 12.4. The van der Waals surface area contributed by atoms with Gasteiger partial charge in [0.2, 0.25) is 41.2 Å². The fraction of sp³-hybridized carbons (Fsp3) is 0.283. The van der Waals surface area contributed by atoms with Crippen molar-refractivity contribution in [2.75, 3.05) is 0 Å². The van der Waals surface area contributed by atoms with Crippen LogP contribution in [0.15, 0.2) is 305 Å². The molecular weight excluding hydrogens is 1730 g/mol. The number of azide groups is 1. The summed E-state index contributed by atoms with van der Waals surface area (Å²) in [5.74, 6) is -2.01. The monoisotopic (exact) mass is 1840 g/mol. The molecule has 4 atom stereocenters. The predicted octanol–water partition coefficient (Wildman–Crippen LogP) is 13.1. The van der Waals surface area contributed by atoms with E-state index in [0.717, 1.165) is 114 Å². The van der Waals surface area contributed by atoms with E-state index in [1.165, 1.54) is 37.5 Å². The second kappa shape index (κ2) is 59.9. The number of amides is 6. The Balaban J connectivity index is 0.000000486. The molecule has 28 nitrogen and oxygen atoms in total. The van der Waals surface area contributed by atoms with Gasteiger partial charge in [0.1, 0.15) is 23.7 Å². The standard InChI is InChI=1S/C19H21N5O2.C18H15P.C10H11N3O2.C9H12INO.C9H12N4O.C9H14N2O.C9H13NO.C9H12O.ClH.N3.Na/c1-3-14-12(2)9-10-15(18(25)20-14)21-19(26)17-22-16(23-24-17)11-13-7-5-4-6-8-13;1-4-10-16(11-5-1)19(17-12-6-2-7-13-17)18-14-8-3-9-15-18;11-8(13-9(12)10(14)15)6-7-4-2-1-3-5-7;1-3-8-6(2)4-5-7(10)9(12)11-8;1-3-7-6(2)4-5-8(12-13-10)9(14)11-7;1-3-8-6(2)4-5-7(10)9(12)11-8;1-3-8-7(2)5-4-6-9(11)10-8;1-3-8-7(2)5-4-6-9(8)10;;1-3-2;/h3-8,15H,1,9-11H2,2H3,(H,20,25)(H,21,26)(H,22,23,24);1-15H;1-5H,6H2,(H,14,15)(H3,11,12,13);3,7H,1,4-5H2,2H3,(H,11,12);3,8H,1,4-5H2,2H3,(H,11,14);3,7H,1,4-5,10H2,2H3,(H,11,12);3H,1,4-6H2,2H3,(H,10,11);3H,1,4-6H2,2H3;1H;;/q;;;;;;;;;-1;+1. The SMILES string of the molecule is C=CC1=C(C)CCC(I)C(=O)N1.C=CC1=C(C)CCC(N)C(=O)N1.C=CC1=C(C)CCC(N=[N+]=[N-])C(=O)N1.C=CC1=C(C)CCC(NC(=O)c2n[nH]c(Cc3ccccc3)n2)C(=O)N1.C=CC1=C(C)CCCC(=O)N1.C=CC1=C(C)CCCC1=O.Cl.N=C(N=C(N)Cc1ccccc1)C(=O)O.[N-]=[N+]=[N-].[Na+].c1ccc(P(c2ccccc2)c2ccccc2)cc1. The number of rotatable bonds is 16. The van der Waals surface area contributed by atoms with Crippen molar-refractivity contribution in [3.8, 4) is 0 Å². The van der Waals surface area contributed by atoms with Crippen LogP contribution in [-0.2, 0) is 46.4 Å². The number of carbonyl (C=O) groups is 8. The number of ketones is 1. The number of aromatic nitrogens is 3. The fourth-order valence-electron chi connectivity index (χ4n) is 12.2. The first-order valence-corrected chi connectivity index (χ1v) is 41.9. The third-order valence-corrected chi connectivity index (χ3v) is 22.8. The molecule has 0 bridgehead atoms. The van der Waals surface area contributed by atoms with Gasteiger partial charge in [-0.3, -0.25) is 49.0 Å². The quantitative estimate of drug-likeness (QED) is 0.00495. The number of aliphatic carboxylic acids is 1. The van der Waals surface area contributed by atoms with E-state index < -0.39 is 37.7 Å². The molecule has 6 amide bonds. The minimum atomic E-state index is -1.38. The number of nitrogens with two attached hydrogens (primary N) is 2. The number of nitrogens with zero attached hydrogens (tertiary/aromatic N) is 9. The minimum absolute atomic E-state index is 0. The van der Waals surface area contributed by atoms with E-state index in [0.29, 0.717) is 56.5 Å². The number of allylic oxidation sites excluding steroid dienone is 13. The third kappa shape index (κ3) is 38.8. The largest absolute Gasteiger partial charge is 1.00 e. The first kappa shape index (κ1) is 108. The molecule has 12 rings (SSSR count). The number of aliphatic imine (C=N–C) groups is 1. The van der Waals surface area contributed by atoms with Crippen molar-refractivity contribution in [1.82, 2.24) is 47.1 Å². The number of H-pyrrole nitrogens is 1. The molecule has 0 spiro atoms. The number of hydrogen-bond donors (Lipinski definition) is 11. The zero-order chi connectivity index (χ0) is 90.1. The first-order valence-electron chi connectivity index (χ1n) is 39.3. The zero-order valence-corrected chi connectivity index (χ0v) is 77.3. The van der Waals surface area contributed by atoms with Crippen LogP contribution in [-0.4, -0.2) is 101 Å². The van der Waals surface area contributed by atoms with Crippen molar-refractivity contribution in [2.24, 2.45) is 21.6 Å². The molecule has 6 aliphatic rings. The van der Waals surface area contributed by atoms with Crippen molar-refractivity contribution >= 4 is 118 Å². The molecule has 124 heavy (non-hydrogen) atoms. The molecule has 0 radical (unpaired) electrons. The summed E-state index contributed by atoms with van der Waals surface area (Å²) in [7, 11) is -0.446. The molecule has 0 saturated carbocycles. The Kier molecular flexibility index (Phi) is 52.3.